The van der Waals surface area contributed by atoms with Gasteiger partial charge in [0.05, 0.1) is 16.4 Å². The molecule has 2 bridgehead atoms. The number of rotatable bonds is 3. The lowest BCUT2D eigenvalue weighted by Crippen LogP contribution is -2.20. The fraction of sp³-hybridized carbons (Fsp3) is 0.571. The number of fused-ring (bicyclic) bond motifs is 2. The number of halogens is 2. The fourth-order valence-electron chi connectivity index (χ4n) is 3.57. The Morgan fingerprint density at radius 2 is 2.32 bits per heavy atom. The molecule has 0 radical (unpaired) electrons. The van der Waals surface area contributed by atoms with E-state index in [9.17, 15) is 4.79 Å². The summed E-state index contributed by atoms with van der Waals surface area (Å²) in [5.74, 6) is 2.34. The largest absolute Gasteiger partial charge is 0.325 e. The fourth-order valence-corrected chi connectivity index (χ4v) is 4.02. The summed E-state index contributed by atoms with van der Waals surface area (Å²) in [7, 11) is 0. The van der Waals surface area contributed by atoms with E-state index in [0.29, 0.717) is 27.7 Å². The first-order valence-electron chi connectivity index (χ1n) is 6.72. The van der Waals surface area contributed by atoms with Crippen LogP contribution in [0.25, 0.3) is 0 Å². The number of nitrogens with one attached hydrogen (secondary N) is 1. The van der Waals surface area contributed by atoms with E-state index >= 15 is 0 Å². The van der Waals surface area contributed by atoms with Gasteiger partial charge in [0.1, 0.15) is 5.15 Å². The minimum absolute atomic E-state index is 0.0913. The maximum Gasteiger partial charge on any atom is 0.224 e. The Hall–Kier alpha value is -0.610. The van der Waals surface area contributed by atoms with Gasteiger partial charge in [-0.15, -0.1) is 0 Å². The third kappa shape index (κ3) is 2.95. The van der Waals surface area contributed by atoms with Crippen LogP contribution in [0.5, 0.6) is 0 Å². The first-order valence-corrected chi connectivity index (χ1v) is 7.90. The monoisotopic (exact) mass is 342 g/mol. The predicted molar refractivity (Wildman–Crippen MR) is 79.1 cm³/mol. The van der Waals surface area contributed by atoms with Gasteiger partial charge in [-0.05, 0) is 59.0 Å². The highest BCUT2D eigenvalue weighted by atomic mass is 79.9. The quantitative estimate of drug-likeness (QED) is 0.833. The molecule has 19 heavy (non-hydrogen) atoms. The molecule has 1 aromatic rings. The average molecular weight is 344 g/mol. The van der Waals surface area contributed by atoms with Crippen LogP contribution in [0, 0.1) is 17.8 Å². The van der Waals surface area contributed by atoms with E-state index in [1.807, 2.05) is 0 Å². The molecule has 2 aliphatic rings. The molecule has 1 heterocycles. The van der Waals surface area contributed by atoms with Gasteiger partial charge in [-0.3, -0.25) is 4.79 Å². The topological polar surface area (TPSA) is 42.0 Å². The summed E-state index contributed by atoms with van der Waals surface area (Å²) >= 11 is 9.13. The zero-order valence-electron chi connectivity index (χ0n) is 10.5. The lowest BCUT2D eigenvalue weighted by molar-refractivity contribution is -0.117. The van der Waals surface area contributed by atoms with Crippen molar-refractivity contribution in [2.45, 2.75) is 32.1 Å². The van der Waals surface area contributed by atoms with Crippen molar-refractivity contribution < 1.29 is 4.79 Å². The third-order valence-corrected chi connectivity index (χ3v) is 5.55. The van der Waals surface area contributed by atoms with Crippen LogP contribution < -0.4 is 5.32 Å². The van der Waals surface area contributed by atoms with Crippen molar-refractivity contribution in [3.8, 4) is 0 Å². The van der Waals surface area contributed by atoms with Crippen molar-refractivity contribution in [2.75, 3.05) is 5.32 Å². The summed E-state index contributed by atoms with van der Waals surface area (Å²) in [5, 5.41) is 3.31. The Morgan fingerprint density at radius 1 is 1.47 bits per heavy atom. The minimum Gasteiger partial charge on any atom is -0.325 e. The maximum absolute atomic E-state index is 12.1. The molecular formula is C14H16BrClN2O. The van der Waals surface area contributed by atoms with E-state index in [1.54, 1.807) is 12.3 Å². The number of pyridine rings is 1. The smallest absolute Gasteiger partial charge is 0.224 e. The molecule has 3 unspecified atom stereocenters. The highest BCUT2D eigenvalue weighted by molar-refractivity contribution is 9.10. The van der Waals surface area contributed by atoms with Crippen molar-refractivity contribution in [1.82, 2.24) is 4.98 Å². The number of hydrogen-bond donors (Lipinski definition) is 1. The second-order valence-corrected chi connectivity index (χ2v) is 6.90. The SMILES string of the molecule is O=C(CC1CC2CCC1C2)Nc1cnc(Cl)c(Br)c1. The molecule has 5 heteroatoms. The molecule has 1 amide bonds. The Morgan fingerprint density at radius 3 is 2.95 bits per heavy atom. The molecule has 2 aliphatic carbocycles. The zero-order chi connectivity index (χ0) is 13.4. The van der Waals surface area contributed by atoms with Gasteiger partial charge in [0.15, 0.2) is 0 Å². The zero-order valence-corrected chi connectivity index (χ0v) is 12.9. The number of amides is 1. The van der Waals surface area contributed by atoms with Gasteiger partial charge in [-0.25, -0.2) is 4.98 Å². The summed E-state index contributed by atoms with van der Waals surface area (Å²) in [4.78, 5) is 16.1. The van der Waals surface area contributed by atoms with E-state index in [-0.39, 0.29) is 5.91 Å². The van der Waals surface area contributed by atoms with Gasteiger partial charge in [0.25, 0.3) is 0 Å². The van der Waals surface area contributed by atoms with E-state index in [0.717, 1.165) is 11.8 Å². The first kappa shape index (κ1) is 13.4. The molecule has 0 spiro atoms. The standard InChI is InChI=1S/C14H16BrClN2O/c15-12-6-11(7-17-14(12)16)18-13(19)5-10-4-8-1-2-9(10)3-8/h6-10H,1-5H2,(H,18,19). The van der Waals surface area contributed by atoms with Gasteiger partial charge in [-0.2, -0.15) is 0 Å². The van der Waals surface area contributed by atoms with Gasteiger partial charge < -0.3 is 5.32 Å². The molecule has 0 aromatic carbocycles. The summed E-state index contributed by atoms with van der Waals surface area (Å²) in [6.45, 7) is 0. The third-order valence-electron chi connectivity index (χ3n) is 4.41. The van der Waals surface area contributed by atoms with Gasteiger partial charge in [0, 0.05) is 6.42 Å². The Balaban J connectivity index is 1.57. The van der Waals surface area contributed by atoms with Crippen molar-refractivity contribution in [2.24, 2.45) is 17.8 Å². The Kier molecular flexibility index (Phi) is 3.81. The van der Waals surface area contributed by atoms with Gasteiger partial charge >= 0.3 is 0 Å². The van der Waals surface area contributed by atoms with Crippen LogP contribution >= 0.6 is 27.5 Å². The highest BCUT2D eigenvalue weighted by Crippen LogP contribution is 2.49. The van der Waals surface area contributed by atoms with Crippen LogP contribution in [0.15, 0.2) is 16.7 Å². The van der Waals surface area contributed by atoms with Crippen molar-refractivity contribution in [3.05, 3.63) is 21.9 Å². The molecule has 102 valence electrons. The van der Waals surface area contributed by atoms with Crippen LogP contribution in [-0.2, 0) is 4.79 Å². The van der Waals surface area contributed by atoms with E-state index in [2.05, 4.69) is 26.2 Å². The lowest BCUT2D eigenvalue weighted by atomic mass is 9.86. The van der Waals surface area contributed by atoms with E-state index in [4.69, 9.17) is 11.6 Å². The van der Waals surface area contributed by atoms with Crippen LogP contribution in [-0.4, -0.2) is 10.9 Å². The van der Waals surface area contributed by atoms with E-state index < -0.39 is 0 Å². The average Bonchev–Trinajstić information content (AvgIpc) is 2.96. The van der Waals surface area contributed by atoms with Gasteiger partial charge in [-0.1, -0.05) is 18.0 Å². The van der Waals surface area contributed by atoms with Crippen LogP contribution in [0.3, 0.4) is 0 Å². The second kappa shape index (κ2) is 5.41. The maximum atomic E-state index is 12.1. The second-order valence-electron chi connectivity index (χ2n) is 5.68. The van der Waals surface area contributed by atoms with E-state index in [1.165, 1.54) is 25.7 Å². The van der Waals surface area contributed by atoms with Crippen LogP contribution in [0.1, 0.15) is 32.1 Å². The summed E-state index contributed by atoms with van der Waals surface area (Å²) in [6.07, 6.45) is 7.49. The molecule has 0 saturated heterocycles. The number of aromatic nitrogens is 1. The molecule has 1 N–H and O–H groups in total. The number of nitrogens with zero attached hydrogens (tertiary/aromatic N) is 1. The summed E-state index contributed by atoms with van der Waals surface area (Å²) < 4.78 is 0.701. The minimum atomic E-state index is 0.0913. The summed E-state index contributed by atoms with van der Waals surface area (Å²) in [6, 6.07) is 1.79. The number of carbonyl (C=O) groups excluding carboxylic acids is 1. The van der Waals surface area contributed by atoms with Crippen LogP contribution in [0.4, 0.5) is 5.69 Å². The Bertz CT molecular complexity index is 508. The molecule has 2 saturated carbocycles. The number of anilines is 1. The van der Waals surface area contributed by atoms with Crippen LogP contribution in [0.2, 0.25) is 5.15 Å². The molecular weight excluding hydrogens is 328 g/mol. The molecule has 0 aliphatic heterocycles. The molecule has 1 aromatic heterocycles. The first-order chi connectivity index (χ1) is 9.11. The molecule has 2 fully saturated rings. The predicted octanol–water partition coefficient (Wildman–Crippen LogP) is 4.26. The summed E-state index contributed by atoms with van der Waals surface area (Å²) in [5.41, 5.74) is 0.699. The molecule has 3 atom stereocenters. The van der Waals surface area contributed by atoms with Crippen molar-refractivity contribution >= 4 is 39.1 Å². The van der Waals surface area contributed by atoms with Crippen molar-refractivity contribution in [3.63, 3.8) is 0 Å². The molecule has 3 rings (SSSR count). The Labute approximate surface area is 126 Å². The number of carbonyl (C=O) groups is 1. The normalized spacial score (nSPS) is 28.6. The highest BCUT2D eigenvalue weighted by Gasteiger charge is 2.40. The lowest BCUT2D eigenvalue weighted by Gasteiger charge is -2.20. The molecule has 3 nitrogen and oxygen atoms in total. The van der Waals surface area contributed by atoms with Crippen molar-refractivity contribution in [1.29, 1.82) is 0 Å². The van der Waals surface area contributed by atoms with Gasteiger partial charge in [0.2, 0.25) is 5.91 Å². The number of hydrogen-bond acceptors (Lipinski definition) is 2.